The Balaban J connectivity index is 1.30. The fraction of sp³-hybridized carbons (Fsp3) is 0.458. The molecule has 0 saturated carbocycles. The normalized spacial score (nSPS) is 18.6. The molecule has 1 amide bonds. The molecule has 0 radical (unpaired) electrons. The van der Waals surface area contributed by atoms with Crippen LogP contribution in [0.5, 0.6) is 0 Å². The first-order valence-electron chi connectivity index (χ1n) is 11.2. The van der Waals surface area contributed by atoms with Crippen molar-refractivity contribution in [1.29, 1.82) is 0 Å². The van der Waals surface area contributed by atoms with Gasteiger partial charge in [-0.1, -0.05) is 42.5 Å². The van der Waals surface area contributed by atoms with Crippen molar-refractivity contribution < 1.29 is 9.72 Å². The summed E-state index contributed by atoms with van der Waals surface area (Å²) in [6, 6.07) is 17.3. The van der Waals surface area contributed by atoms with Gasteiger partial charge in [0, 0.05) is 57.8 Å². The van der Waals surface area contributed by atoms with E-state index >= 15 is 0 Å². The Hall–Kier alpha value is -2.93. The highest BCUT2D eigenvalue weighted by Gasteiger charge is 2.31. The molecule has 2 fully saturated rings. The van der Waals surface area contributed by atoms with Crippen molar-refractivity contribution in [1.82, 2.24) is 9.80 Å². The van der Waals surface area contributed by atoms with Gasteiger partial charge in [-0.2, -0.15) is 0 Å². The number of hydrogen-bond donors (Lipinski definition) is 0. The second kappa shape index (κ2) is 9.92. The number of para-hydroxylation sites is 2. The highest BCUT2D eigenvalue weighted by atomic mass is 16.6. The minimum absolute atomic E-state index is 0.0136. The second-order valence-corrected chi connectivity index (χ2v) is 8.45. The fourth-order valence-corrected chi connectivity index (χ4v) is 4.70. The molecule has 2 saturated heterocycles. The summed E-state index contributed by atoms with van der Waals surface area (Å²) in [5.41, 5.74) is 2.10. The Bertz CT molecular complexity index is 897. The van der Waals surface area contributed by atoms with Crippen LogP contribution in [0.15, 0.2) is 54.6 Å². The molecule has 31 heavy (non-hydrogen) atoms. The van der Waals surface area contributed by atoms with Gasteiger partial charge in [-0.05, 0) is 30.9 Å². The number of rotatable bonds is 5. The van der Waals surface area contributed by atoms with Gasteiger partial charge in [-0.3, -0.25) is 19.8 Å². The minimum Gasteiger partial charge on any atom is -0.366 e. The van der Waals surface area contributed by atoms with E-state index in [4.69, 9.17) is 0 Å². The molecule has 2 aliphatic rings. The molecule has 0 unspecified atom stereocenters. The maximum Gasteiger partial charge on any atom is 0.292 e. The van der Waals surface area contributed by atoms with Crippen molar-refractivity contribution in [2.45, 2.75) is 25.8 Å². The predicted octanol–water partition coefficient (Wildman–Crippen LogP) is 3.55. The molecular weight excluding hydrogens is 392 g/mol. The van der Waals surface area contributed by atoms with E-state index in [-0.39, 0.29) is 22.4 Å². The van der Waals surface area contributed by atoms with E-state index < -0.39 is 0 Å². The number of nitro benzene ring substituents is 1. The first-order chi connectivity index (χ1) is 15.1. The third-order valence-corrected chi connectivity index (χ3v) is 6.41. The van der Waals surface area contributed by atoms with Crippen LogP contribution >= 0.6 is 0 Å². The largest absolute Gasteiger partial charge is 0.366 e. The van der Waals surface area contributed by atoms with Crippen LogP contribution in [-0.2, 0) is 11.3 Å². The van der Waals surface area contributed by atoms with Gasteiger partial charge in [0.15, 0.2) is 0 Å². The van der Waals surface area contributed by atoms with Gasteiger partial charge in [-0.25, -0.2) is 0 Å². The molecule has 2 aromatic carbocycles. The number of anilines is 1. The number of nitrogens with zero attached hydrogens (tertiary/aromatic N) is 4. The zero-order valence-corrected chi connectivity index (χ0v) is 17.9. The third-order valence-electron chi connectivity index (χ3n) is 6.41. The molecule has 0 aliphatic carbocycles. The van der Waals surface area contributed by atoms with Crippen molar-refractivity contribution in [3.8, 4) is 0 Å². The average Bonchev–Trinajstić information content (AvgIpc) is 3.05. The molecule has 7 nitrogen and oxygen atoms in total. The van der Waals surface area contributed by atoms with E-state index in [2.05, 4.69) is 29.2 Å². The Labute approximate surface area is 183 Å². The van der Waals surface area contributed by atoms with Gasteiger partial charge < -0.3 is 9.80 Å². The van der Waals surface area contributed by atoms with E-state index in [1.54, 1.807) is 18.2 Å². The van der Waals surface area contributed by atoms with Gasteiger partial charge in [0.05, 0.1) is 4.92 Å². The lowest BCUT2D eigenvalue weighted by Gasteiger charge is -2.35. The highest BCUT2D eigenvalue weighted by molar-refractivity contribution is 5.79. The first kappa shape index (κ1) is 21.3. The maximum absolute atomic E-state index is 13.2. The minimum atomic E-state index is -0.328. The third kappa shape index (κ3) is 5.22. The zero-order chi connectivity index (χ0) is 21.6. The van der Waals surface area contributed by atoms with Crippen LogP contribution in [0.3, 0.4) is 0 Å². The van der Waals surface area contributed by atoms with Gasteiger partial charge in [0.2, 0.25) is 5.91 Å². The SMILES string of the molecule is O=C(C1CCN(c2ccccc2[N+](=O)[O-])CC1)N1CCCN(Cc2ccccc2)CC1. The molecule has 2 aliphatic heterocycles. The van der Waals surface area contributed by atoms with Gasteiger partial charge in [0.25, 0.3) is 5.69 Å². The summed E-state index contributed by atoms with van der Waals surface area (Å²) in [6.07, 6.45) is 2.48. The lowest BCUT2D eigenvalue weighted by molar-refractivity contribution is -0.384. The summed E-state index contributed by atoms with van der Waals surface area (Å²) in [7, 11) is 0. The summed E-state index contributed by atoms with van der Waals surface area (Å²) in [5, 5.41) is 11.3. The number of benzene rings is 2. The Morgan fingerprint density at radius 2 is 1.61 bits per heavy atom. The summed E-state index contributed by atoms with van der Waals surface area (Å²) in [6.45, 7) is 5.77. The van der Waals surface area contributed by atoms with E-state index in [1.165, 1.54) is 5.56 Å². The van der Waals surface area contributed by atoms with Crippen LogP contribution in [-0.4, -0.2) is 59.9 Å². The van der Waals surface area contributed by atoms with E-state index in [0.717, 1.165) is 52.0 Å². The molecule has 0 aromatic heterocycles. The molecule has 0 atom stereocenters. The van der Waals surface area contributed by atoms with Crippen LogP contribution in [0.1, 0.15) is 24.8 Å². The van der Waals surface area contributed by atoms with Crippen molar-refractivity contribution in [3.05, 3.63) is 70.3 Å². The van der Waals surface area contributed by atoms with Crippen molar-refractivity contribution in [2.75, 3.05) is 44.2 Å². The molecule has 164 valence electrons. The molecular formula is C24H30N4O3. The molecule has 2 heterocycles. The second-order valence-electron chi connectivity index (χ2n) is 8.45. The van der Waals surface area contributed by atoms with E-state index in [9.17, 15) is 14.9 Å². The average molecular weight is 423 g/mol. The number of amides is 1. The fourth-order valence-electron chi connectivity index (χ4n) is 4.70. The van der Waals surface area contributed by atoms with Crippen LogP contribution in [0.2, 0.25) is 0 Å². The smallest absolute Gasteiger partial charge is 0.292 e. The van der Waals surface area contributed by atoms with Crippen molar-refractivity contribution in [2.24, 2.45) is 5.92 Å². The number of carbonyl (C=O) groups is 1. The lowest BCUT2D eigenvalue weighted by Crippen LogP contribution is -2.44. The molecule has 4 rings (SSSR count). The standard InChI is InChI=1S/C24H30N4O3/c29-24(27-14-6-13-25(17-18-27)19-20-7-2-1-3-8-20)21-11-15-26(16-12-21)22-9-4-5-10-23(22)28(30)31/h1-5,7-10,21H,6,11-19H2. The zero-order valence-electron chi connectivity index (χ0n) is 17.9. The van der Waals surface area contributed by atoms with Crippen LogP contribution in [0.25, 0.3) is 0 Å². The lowest BCUT2D eigenvalue weighted by atomic mass is 9.94. The molecule has 0 spiro atoms. The predicted molar refractivity (Wildman–Crippen MR) is 121 cm³/mol. The quantitative estimate of drug-likeness (QED) is 0.544. The number of hydrogen-bond acceptors (Lipinski definition) is 5. The monoisotopic (exact) mass is 422 g/mol. The van der Waals surface area contributed by atoms with Gasteiger partial charge in [0.1, 0.15) is 5.69 Å². The molecule has 7 heteroatoms. The summed E-state index contributed by atoms with van der Waals surface area (Å²) in [4.78, 5) is 30.7. The Morgan fingerprint density at radius 1 is 0.903 bits per heavy atom. The van der Waals surface area contributed by atoms with Crippen LogP contribution in [0, 0.1) is 16.0 Å². The van der Waals surface area contributed by atoms with E-state index in [1.807, 2.05) is 21.9 Å². The first-order valence-corrected chi connectivity index (χ1v) is 11.2. The summed E-state index contributed by atoms with van der Waals surface area (Å²) in [5.74, 6) is 0.267. The highest BCUT2D eigenvalue weighted by Crippen LogP contribution is 2.31. The Kier molecular flexibility index (Phi) is 6.82. The van der Waals surface area contributed by atoms with Crippen molar-refractivity contribution >= 4 is 17.3 Å². The maximum atomic E-state index is 13.2. The van der Waals surface area contributed by atoms with Crippen molar-refractivity contribution in [3.63, 3.8) is 0 Å². The molecule has 0 bridgehead atoms. The summed E-state index contributed by atoms with van der Waals surface area (Å²) < 4.78 is 0. The number of piperidine rings is 1. The van der Waals surface area contributed by atoms with Gasteiger partial charge in [-0.15, -0.1) is 0 Å². The van der Waals surface area contributed by atoms with Crippen LogP contribution in [0.4, 0.5) is 11.4 Å². The number of nitro groups is 1. The molecule has 0 N–H and O–H groups in total. The summed E-state index contributed by atoms with van der Waals surface area (Å²) >= 11 is 0. The Morgan fingerprint density at radius 3 is 2.35 bits per heavy atom. The van der Waals surface area contributed by atoms with Gasteiger partial charge >= 0.3 is 0 Å². The number of carbonyl (C=O) groups excluding carboxylic acids is 1. The molecule has 2 aromatic rings. The topological polar surface area (TPSA) is 69.9 Å². The van der Waals surface area contributed by atoms with E-state index in [0.29, 0.717) is 18.8 Å². The van der Waals surface area contributed by atoms with Crippen LogP contribution < -0.4 is 4.90 Å².